The van der Waals surface area contributed by atoms with Gasteiger partial charge in [-0.15, -0.1) is 11.8 Å². The molecular formula is C11H15N3O2S. The van der Waals surface area contributed by atoms with Crippen LogP contribution in [0.4, 0.5) is 5.82 Å². The van der Waals surface area contributed by atoms with Gasteiger partial charge in [-0.3, -0.25) is 10.1 Å². The first-order valence-corrected chi connectivity index (χ1v) is 6.17. The third-order valence-electron chi connectivity index (χ3n) is 2.84. The van der Waals surface area contributed by atoms with E-state index in [1.54, 1.807) is 24.0 Å². The molecule has 0 bridgehead atoms. The van der Waals surface area contributed by atoms with E-state index in [1.165, 1.54) is 0 Å². The summed E-state index contributed by atoms with van der Waals surface area (Å²) in [6.07, 6.45) is 1.62. The predicted octanol–water partition coefficient (Wildman–Crippen LogP) is 1.23. The van der Waals surface area contributed by atoms with Crippen LogP contribution >= 0.6 is 11.8 Å². The number of rotatable bonds is 2. The Hall–Kier alpha value is -1.27. The van der Waals surface area contributed by atoms with Gasteiger partial charge in [0.15, 0.2) is 0 Å². The van der Waals surface area contributed by atoms with Crippen molar-refractivity contribution in [3.63, 3.8) is 0 Å². The monoisotopic (exact) mass is 253 g/mol. The summed E-state index contributed by atoms with van der Waals surface area (Å²) in [5.41, 5.74) is 6.64. The number of carboxylic acid groups (broad SMARTS) is 1. The van der Waals surface area contributed by atoms with Crippen LogP contribution in [-0.4, -0.2) is 26.8 Å². The Morgan fingerprint density at radius 3 is 2.88 bits per heavy atom. The number of thioether (sulfide) groups is 1. The van der Waals surface area contributed by atoms with Gasteiger partial charge < -0.3 is 10.8 Å². The van der Waals surface area contributed by atoms with Crippen LogP contribution in [0.25, 0.3) is 0 Å². The lowest BCUT2D eigenvalue weighted by atomic mass is 10.0. The summed E-state index contributed by atoms with van der Waals surface area (Å²) in [5, 5.41) is 12.1. The summed E-state index contributed by atoms with van der Waals surface area (Å²) in [5.74, 6) is -0.396. The number of nitrogens with one attached hydrogen (secondary N) is 1. The molecule has 1 saturated heterocycles. The normalized spacial score (nSPS) is 26.9. The number of nitrogen functional groups attached to an aromatic ring is 1. The number of carbonyl (C=O) groups is 1. The predicted molar refractivity (Wildman–Crippen MR) is 67.6 cm³/mol. The van der Waals surface area contributed by atoms with Gasteiger partial charge in [0.2, 0.25) is 0 Å². The van der Waals surface area contributed by atoms with Gasteiger partial charge in [-0.05, 0) is 19.9 Å². The molecule has 1 aliphatic rings. The quantitative estimate of drug-likeness (QED) is 0.734. The molecule has 0 aromatic carbocycles. The lowest BCUT2D eigenvalue weighted by Gasteiger charge is -2.20. The number of anilines is 1. The Kier molecular flexibility index (Phi) is 3.01. The third-order valence-corrected chi connectivity index (χ3v) is 4.30. The van der Waals surface area contributed by atoms with Crippen molar-refractivity contribution in [3.8, 4) is 0 Å². The maximum Gasteiger partial charge on any atom is 0.322 e. The fourth-order valence-electron chi connectivity index (χ4n) is 1.93. The molecule has 6 heteroatoms. The number of hydrogen-bond acceptors (Lipinski definition) is 5. The van der Waals surface area contributed by atoms with Crippen LogP contribution in [0, 0.1) is 0 Å². The van der Waals surface area contributed by atoms with E-state index < -0.39 is 12.0 Å². The zero-order chi connectivity index (χ0) is 12.6. The van der Waals surface area contributed by atoms with E-state index >= 15 is 0 Å². The zero-order valence-corrected chi connectivity index (χ0v) is 10.5. The highest BCUT2D eigenvalue weighted by atomic mass is 32.2. The van der Waals surface area contributed by atoms with Gasteiger partial charge in [-0.25, -0.2) is 4.98 Å². The maximum absolute atomic E-state index is 11.2. The Balaban J connectivity index is 2.28. The average molecular weight is 253 g/mol. The van der Waals surface area contributed by atoms with E-state index in [0.29, 0.717) is 5.82 Å². The first-order valence-electron chi connectivity index (χ1n) is 5.29. The van der Waals surface area contributed by atoms with Crippen molar-refractivity contribution >= 4 is 23.5 Å². The van der Waals surface area contributed by atoms with Gasteiger partial charge in [0.05, 0.1) is 5.37 Å². The van der Waals surface area contributed by atoms with Gasteiger partial charge in [0.25, 0.3) is 0 Å². The van der Waals surface area contributed by atoms with Crippen molar-refractivity contribution in [2.24, 2.45) is 0 Å². The number of aliphatic carboxylic acids is 1. The van der Waals surface area contributed by atoms with Crippen molar-refractivity contribution in [3.05, 3.63) is 23.9 Å². The molecule has 1 aromatic rings. The second-order valence-electron chi connectivity index (χ2n) is 4.52. The minimum atomic E-state index is -0.840. The second-order valence-corrected chi connectivity index (χ2v) is 6.28. The molecule has 2 rings (SSSR count). The molecule has 0 aliphatic carbocycles. The number of hydrogen-bond donors (Lipinski definition) is 3. The smallest absolute Gasteiger partial charge is 0.322 e. The summed E-state index contributed by atoms with van der Waals surface area (Å²) in [4.78, 5) is 15.2. The first-order chi connectivity index (χ1) is 7.92. The Bertz CT molecular complexity index is 450. The second kappa shape index (κ2) is 4.19. The Morgan fingerprint density at radius 1 is 1.65 bits per heavy atom. The van der Waals surface area contributed by atoms with E-state index in [0.717, 1.165) is 5.56 Å². The highest BCUT2D eigenvalue weighted by Gasteiger charge is 2.46. The Labute approximate surface area is 104 Å². The van der Waals surface area contributed by atoms with Gasteiger partial charge >= 0.3 is 5.97 Å². The molecule has 4 N–H and O–H groups in total. The maximum atomic E-state index is 11.2. The molecule has 0 amide bonds. The topological polar surface area (TPSA) is 88.2 Å². The van der Waals surface area contributed by atoms with Crippen molar-refractivity contribution < 1.29 is 9.90 Å². The minimum Gasteiger partial charge on any atom is -0.480 e. The largest absolute Gasteiger partial charge is 0.480 e. The minimum absolute atomic E-state index is 0.125. The van der Waals surface area contributed by atoms with Gasteiger partial charge in [0, 0.05) is 16.5 Å². The third kappa shape index (κ3) is 2.23. The number of carboxylic acids is 1. The van der Waals surface area contributed by atoms with Crippen LogP contribution in [0.1, 0.15) is 24.8 Å². The molecule has 5 nitrogen and oxygen atoms in total. The molecule has 92 valence electrons. The van der Waals surface area contributed by atoms with Crippen LogP contribution in [0.5, 0.6) is 0 Å². The van der Waals surface area contributed by atoms with Gasteiger partial charge in [0.1, 0.15) is 11.9 Å². The van der Waals surface area contributed by atoms with E-state index in [9.17, 15) is 4.79 Å². The molecule has 1 fully saturated rings. The summed E-state index contributed by atoms with van der Waals surface area (Å²) in [7, 11) is 0. The summed E-state index contributed by atoms with van der Waals surface area (Å²) < 4.78 is -0.376. The Morgan fingerprint density at radius 2 is 2.35 bits per heavy atom. The highest BCUT2D eigenvalue weighted by molar-refractivity contribution is 8.01. The van der Waals surface area contributed by atoms with Crippen molar-refractivity contribution in [1.29, 1.82) is 0 Å². The lowest BCUT2D eigenvalue weighted by molar-refractivity contribution is -0.139. The number of pyridine rings is 1. The van der Waals surface area contributed by atoms with Gasteiger partial charge in [-0.2, -0.15) is 0 Å². The van der Waals surface area contributed by atoms with Crippen LogP contribution in [0.15, 0.2) is 18.3 Å². The molecule has 0 unspecified atom stereocenters. The standard InChI is InChI=1S/C11H15N3O2S/c1-11(2)7(10(15)16)14-9(17-11)6-4-3-5-13-8(6)12/h3-5,7,9,14H,1-2H3,(H2,12,13)(H,15,16)/t7-,9-/m0/s1. The molecule has 0 radical (unpaired) electrons. The molecule has 0 spiro atoms. The number of aromatic nitrogens is 1. The molecule has 17 heavy (non-hydrogen) atoms. The van der Waals surface area contributed by atoms with Gasteiger partial charge in [-0.1, -0.05) is 6.07 Å². The van der Waals surface area contributed by atoms with Crippen LogP contribution < -0.4 is 11.1 Å². The molecule has 1 aromatic heterocycles. The fourth-order valence-corrected chi connectivity index (χ4v) is 3.37. The molecule has 0 saturated carbocycles. The van der Waals surface area contributed by atoms with Crippen LogP contribution in [0.3, 0.4) is 0 Å². The van der Waals surface area contributed by atoms with E-state index in [1.807, 2.05) is 19.9 Å². The van der Waals surface area contributed by atoms with Crippen LogP contribution in [-0.2, 0) is 4.79 Å². The molecule has 1 aliphatic heterocycles. The van der Waals surface area contributed by atoms with Crippen LogP contribution in [0.2, 0.25) is 0 Å². The zero-order valence-electron chi connectivity index (χ0n) is 9.68. The van der Waals surface area contributed by atoms with E-state index in [4.69, 9.17) is 10.8 Å². The highest BCUT2D eigenvalue weighted by Crippen LogP contribution is 2.46. The molecule has 2 atom stereocenters. The first kappa shape index (κ1) is 12.2. The molecule has 2 heterocycles. The summed E-state index contributed by atoms with van der Waals surface area (Å²) in [6.45, 7) is 3.83. The fraction of sp³-hybridized carbons (Fsp3) is 0.455. The lowest BCUT2D eigenvalue weighted by Crippen LogP contribution is -2.43. The average Bonchev–Trinajstić information content (AvgIpc) is 2.55. The van der Waals surface area contributed by atoms with Crippen molar-refractivity contribution in [2.45, 2.75) is 30.0 Å². The SMILES string of the molecule is CC1(C)S[C@@H](c2cccnc2N)N[C@H]1C(=O)O. The number of nitrogens with zero attached hydrogens (tertiary/aromatic N) is 1. The van der Waals surface area contributed by atoms with Crippen molar-refractivity contribution in [2.75, 3.05) is 5.73 Å². The molecular weight excluding hydrogens is 238 g/mol. The summed E-state index contributed by atoms with van der Waals surface area (Å²) >= 11 is 1.56. The van der Waals surface area contributed by atoms with E-state index in [2.05, 4.69) is 10.3 Å². The van der Waals surface area contributed by atoms with Crippen molar-refractivity contribution in [1.82, 2.24) is 10.3 Å². The summed E-state index contributed by atoms with van der Waals surface area (Å²) in [6, 6.07) is 3.08. The van der Waals surface area contributed by atoms with E-state index in [-0.39, 0.29) is 10.1 Å². The number of nitrogens with two attached hydrogens (primary N) is 1.